The summed E-state index contributed by atoms with van der Waals surface area (Å²) in [7, 11) is 0. The highest BCUT2D eigenvalue weighted by atomic mass is 32.1. The number of carbonyl (C=O) groups is 1. The fourth-order valence-electron chi connectivity index (χ4n) is 5.23. The molecule has 0 radical (unpaired) electrons. The molecule has 11 heteroatoms. The van der Waals surface area contributed by atoms with Gasteiger partial charge in [-0.25, -0.2) is 14.3 Å². The third kappa shape index (κ3) is 4.54. The number of nitrogens with zero attached hydrogens (tertiary/aromatic N) is 6. The van der Waals surface area contributed by atoms with Gasteiger partial charge in [-0.3, -0.25) is 14.5 Å². The lowest BCUT2D eigenvalue weighted by molar-refractivity contribution is -0.120. The monoisotopic (exact) mass is 569 g/mol. The van der Waals surface area contributed by atoms with Crippen LogP contribution in [0.2, 0.25) is 0 Å². The first-order chi connectivity index (χ1) is 19.5. The first-order valence-corrected chi connectivity index (χ1v) is 13.9. The number of ether oxygens (including phenoxy) is 1. The minimum atomic E-state index is -1.02. The Morgan fingerprint density at radius 3 is 2.49 bits per heavy atom. The smallest absolute Gasteiger partial charge is 0.277 e. The Bertz CT molecular complexity index is 1820. The first-order valence-electron chi connectivity index (χ1n) is 13.5. The summed E-state index contributed by atoms with van der Waals surface area (Å²) in [4.78, 5) is 41.2. The number of amides is 1. The average molecular weight is 570 g/mol. The van der Waals surface area contributed by atoms with Crippen molar-refractivity contribution in [2.45, 2.75) is 59.9 Å². The van der Waals surface area contributed by atoms with Crippen molar-refractivity contribution in [3.05, 3.63) is 75.3 Å². The van der Waals surface area contributed by atoms with Gasteiger partial charge in [0.15, 0.2) is 22.1 Å². The van der Waals surface area contributed by atoms with Crippen molar-refractivity contribution in [2.75, 3.05) is 16.4 Å². The molecule has 5 rings (SSSR count). The number of aryl methyl sites for hydroxylation is 3. The minimum absolute atomic E-state index is 0.195. The maximum atomic E-state index is 13.7. The SMILES string of the molecule is [C-]#[N+]c1ccc(N2C(=O)C(C)(C)N(c3ccc(OCC)c(-c4nn5c(CCC)nc(C)c5c(=O)[nH]4)c3)C2=S)cc1C. The summed E-state index contributed by atoms with van der Waals surface area (Å²) >= 11 is 5.89. The summed E-state index contributed by atoms with van der Waals surface area (Å²) in [5.41, 5.74) is 2.79. The van der Waals surface area contributed by atoms with E-state index in [0.29, 0.717) is 69.4 Å². The van der Waals surface area contributed by atoms with Crippen LogP contribution in [0.5, 0.6) is 5.75 Å². The number of imidazole rings is 1. The zero-order valence-electron chi connectivity index (χ0n) is 23.9. The van der Waals surface area contributed by atoms with Crippen molar-refractivity contribution in [3.8, 4) is 17.1 Å². The summed E-state index contributed by atoms with van der Waals surface area (Å²) in [6.07, 6.45) is 1.53. The second-order valence-corrected chi connectivity index (χ2v) is 10.8. The highest BCUT2D eigenvalue weighted by Gasteiger charge is 2.50. The molecule has 1 aliphatic rings. The lowest BCUT2D eigenvalue weighted by Gasteiger charge is -2.30. The number of carbonyl (C=O) groups excluding carboxylic acids is 1. The molecule has 1 aliphatic heterocycles. The summed E-state index contributed by atoms with van der Waals surface area (Å²) in [6, 6.07) is 10.7. The normalized spacial score (nSPS) is 14.7. The molecule has 0 unspecified atom stereocenters. The summed E-state index contributed by atoms with van der Waals surface area (Å²) in [5, 5.41) is 5.08. The number of aromatic nitrogens is 4. The Morgan fingerprint density at radius 1 is 1.10 bits per heavy atom. The Labute approximate surface area is 243 Å². The molecule has 1 saturated heterocycles. The number of rotatable bonds is 7. The number of thiocarbonyl (C=S) groups is 1. The van der Waals surface area contributed by atoms with E-state index in [0.717, 1.165) is 12.0 Å². The molecule has 0 aliphatic carbocycles. The topological polar surface area (TPSA) is 100 Å². The predicted octanol–water partition coefficient (Wildman–Crippen LogP) is 5.52. The molecule has 210 valence electrons. The molecule has 10 nitrogen and oxygen atoms in total. The van der Waals surface area contributed by atoms with Crippen LogP contribution in [0.3, 0.4) is 0 Å². The van der Waals surface area contributed by atoms with Crippen LogP contribution in [0, 0.1) is 20.4 Å². The van der Waals surface area contributed by atoms with Crippen LogP contribution >= 0.6 is 12.2 Å². The number of hydrogen-bond acceptors (Lipinski definition) is 6. The van der Waals surface area contributed by atoms with Gasteiger partial charge < -0.3 is 14.6 Å². The van der Waals surface area contributed by atoms with E-state index >= 15 is 0 Å². The quantitative estimate of drug-likeness (QED) is 0.231. The Morgan fingerprint density at radius 2 is 1.83 bits per heavy atom. The molecule has 0 spiro atoms. The minimum Gasteiger partial charge on any atom is -0.493 e. The Hall–Kier alpha value is -4.56. The van der Waals surface area contributed by atoms with E-state index in [9.17, 15) is 9.59 Å². The number of H-pyrrole nitrogens is 1. The Kier molecular flexibility index (Phi) is 7.13. The molecule has 0 saturated carbocycles. The zero-order valence-corrected chi connectivity index (χ0v) is 24.7. The van der Waals surface area contributed by atoms with Gasteiger partial charge in [-0.2, -0.15) is 0 Å². The maximum absolute atomic E-state index is 13.7. The van der Waals surface area contributed by atoms with Crippen LogP contribution in [-0.4, -0.2) is 42.7 Å². The summed E-state index contributed by atoms with van der Waals surface area (Å²) in [6.45, 7) is 18.9. The van der Waals surface area contributed by atoms with Gasteiger partial charge >= 0.3 is 0 Å². The van der Waals surface area contributed by atoms with Crippen molar-refractivity contribution in [3.63, 3.8) is 0 Å². The van der Waals surface area contributed by atoms with Gasteiger partial charge in [0, 0.05) is 17.8 Å². The van der Waals surface area contributed by atoms with Gasteiger partial charge in [-0.1, -0.05) is 13.0 Å². The highest BCUT2D eigenvalue weighted by Crippen LogP contribution is 2.40. The largest absolute Gasteiger partial charge is 0.493 e. The van der Waals surface area contributed by atoms with Crippen molar-refractivity contribution in [2.24, 2.45) is 0 Å². The van der Waals surface area contributed by atoms with Crippen LogP contribution in [0.1, 0.15) is 51.2 Å². The fourth-order valence-corrected chi connectivity index (χ4v) is 5.75. The third-order valence-electron chi connectivity index (χ3n) is 7.22. The zero-order chi connectivity index (χ0) is 29.6. The molecule has 1 fully saturated rings. The van der Waals surface area contributed by atoms with Crippen molar-refractivity contribution >= 4 is 45.8 Å². The third-order valence-corrected chi connectivity index (χ3v) is 7.58. The highest BCUT2D eigenvalue weighted by molar-refractivity contribution is 7.81. The number of fused-ring (bicyclic) bond motifs is 1. The molecule has 0 bridgehead atoms. The van der Waals surface area contributed by atoms with Gasteiger partial charge in [-0.15, -0.1) is 5.10 Å². The molecule has 41 heavy (non-hydrogen) atoms. The van der Waals surface area contributed by atoms with Gasteiger partial charge in [0.1, 0.15) is 17.1 Å². The van der Waals surface area contributed by atoms with E-state index in [-0.39, 0.29) is 11.5 Å². The molecule has 1 N–H and O–H groups in total. The van der Waals surface area contributed by atoms with Gasteiger partial charge in [0.25, 0.3) is 11.5 Å². The maximum Gasteiger partial charge on any atom is 0.277 e. The van der Waals surface area contributed by atoms with E-state index < -0.39 is 5.54 Å². The van der Waals surface area contributed by atoms with E-state index in [1.807, 2.05) is 46.8 Å². The predicted molar refractivity (Wildman–Crippen MR) is 163 cm³/mol. The Balaban J connectivity index is 1.65. The van der Waals surface area contributed by atoms with Crippen LogP contribution in [0.15, 0.2) is 41.2 Å². The summed E-state index contributed by atoms with van der Waals surface area (Å²) < 4.78 is 7.54. The molecule has 2 aromatic carbocycles. The van der Waals surface area contributed by atoms with Gasteiger partial charge in [0.2, 0.25) is 0 Å². The van der Waals surface area contributed by atoms with Crippen LogP contribution < -0.4 is 20.1 Å². The van der Waals surface area contributed by atoms with Crippen molar-refractivity contribution < 1.29 is 9.53 Å². The van der Waals surface area contributed by atoms with Crippen LogP contribution in [0.25, 0.3) is 21.7 Å². The number of nitrogens with one attached hydrogen (secondary N) is 1. The fraction of sp³-hybridized carbons (Fsp3) is 0.333. The van der Waals surface area contributed by atoms with E-state index in [1.54, 1.807) is 40.6 Å². The number of benzene rings is 2. The molecule has 3 heterocycles. The lowest BCUT2D eigenvalue weighted by Crippen LogP contribution is -2.44. The number of anilines is 2. The number of aromatic amines is 1. The van der Waals surface area contributed by atoms with Crippen LogP contribution in [-0.2, 0) is 11.2 Å². The molecule has 1 amide bonds. The van der Waals surface area contributed by atoms with Crippen molar-refractivity contribution in [1.82, 2.24) is 19.6 Å². The average Bonchev–Trinajstić information content (AvgIpc) is 3.33. The summed E-state index contributed by atoms with van der Waals surface area (Å²) in [5.74, 6) is 1.37. The molecular weight excluding hydrogens is 538 g/mol. The molecular formula is C30H31N7O3S. The first kappa shape index (κ1) is 28.0. The van der Waals surface area contributed by atoms with Crippen LogP contribution in [0.4, 0.5) is 17.1 Å². The van der Waals surface area contributed by atoms with E-state index in [2.05, 4.69) is 14.8 Å². The molecule has 2 aromatic heterocycles. The van der Waals surface area contributed by atoms with Gasteiger partial charge in [-0.05, 0) is 89.2 Å². The second kappa shape index (κ2) is 10.4. The molecule has 0 atom stereocenters. The van der Waals surface area contributed by atoms with Crippen molar-refractivity contribution in [1.29, 1.82) is 0 Å². The standard InChI is InChI=1S/C30H31N7O3S/c1-8-10-24-32-18(4)25-27(38)33-26(34-37(24)25)21-16-20(12-14-23(21)40-9-2)36-29(41)35(28(39)30(36,5)6)19-11-13-22(31-7)17(3)15-19/h11-16H,8-10H2,1-6H3,(H,33,34,38). The number of hydrogen-bond donors (Lipinski definition) is 1. The lowest BCUT2D eigenvalue weighted by atomic mass is 10.0. The molecule has 4 aromatic rings. The van der Waals surface area contributed by atoms with Gasteiger partial charge in [0.05, 0.1) is 24.4 Å². The van der Waals surface area contributed by atoms with E-state index in [1.165, 1.54) is 4.90 Å². The second-order valence-electron chi connectivity index (χ2n) is 10.4. The van der Waals surface area contributed by atoms with E-state index in [4.69, 9.17) is 28.6 Å².